The molecule has 0 aliphatic heterocycles. The van der Waals surface area contributed by atoms with Crippen molar-refractivity contribution in [1.29, 1.82) is 0 Å². The van der Waals surface area contributed by atoms with Gasteiger partial charge in [-0.1, -0.05) is 6.07 Å². The third-order valence-electron chi connectivity index (χ3n) is 3.42. The summed E-state index contributed by atoms with van der Waals surface area (Å²) in [6, 6.07) is 10.0. The van der Waals surface area contributed by atoms with Crippen LogP contribution in [0.1, 0.15) is 12.0 Å². The van der Waals surface area contributed by atoms with Crippen LogP contribution in [-0.2, 0) is 11.3 Å². The van der Waals surface area contributed by atoms with Gasteiger partial charge in [0.25, 0.3) is 5.69 Å². The maximum atomic E-state index is 11.7. The summed E-state index contributed by atoms with van der Waals surface area (Å²) in [4.78, 5) is 25.8. The Bertz CT molecular complexity index is 676. The molecule has 0 unspecified atom stereocenters. The van der Waals surface area contributed by atoms with E-state index in [1.165, 1.54) is 12.1 Å². The van der Waals surface area contributed by atoms with Gasteiger partial charge >= 0.3 is 0 Å². The van der Waals surface area contributed by atoms with E-state index in [1.54, 1.807) is 24.5 Å². The molecule has 0 saturated carbocycles. The number of carbonyl (C=O) groups excluding carboxylic acids is 1. The summed E-state index contributed by atoms with van der Waals surface area (Å²) in [6.07, 6.45) is 4.22. The molecule has 3 N–H and O–H groups in total. The summed E-state index contributed by atoms with van der Waals surface area (Å²) in [7, 11) is 0. The zero-order valence-corrected chi connectivity index (χ0v) is 13.8. The minimum Gasteiger partial charge on any atom is -0.385 e. The van der Waals surface area contributed by atoms with Gasteiger partial charge in [0.1, 0.15) is 0 Å². The highest BCUT2D eigenvalue weighted by atomic mass is 16.6. The van der Waals surface area contributed by atoms with Crippen LogP contribution >= 0.6 is 0 Å². The molecule has 2 rings (SSSR count). The molecule has 0 radical (unpaired) electrons. The number of aromatic nitrogens is 1. The Balaban J connectivity index is 1.53. The van der Waals surface area contributed by atoms with Gasteiger partial charge in [-0.15, -0.1) is 0 Å². The number of nitrogens with one attached hydrogen (secondary N) is 3. The predicted octanol–water partition coefficient (Wildman–Crippen LogP) is 1.70. The summed E-state index contributed by atoms with van der Waals surface area (Å²) in [6.45, 7) is 2.09. The highest BCUT2D eigenvalue weighted by Crippen LogP contribution is 2.15. The molecule has 1 aromatic carbocycles. The van der Waals surface area contributed by atoms with Crippen LogP contribution in [0.3, 0.4) is 0 Å². The standard InChI is InChI=1S/C17H21N5O3/c23-17(13-19-12-14-3-1-8-18-11-14)21-10-2-9-20-15-4-6-16(7-5-15)22(24)25/h1,3-8,11,19-20H,2,9-10,12-13H2,(H,21,23). The maximum absolute atomic E-state index is 11.7. The lowest BCUT2D eigenvalue weighted by Gasteiger charge is -2.08. The second kappa shape index (κ2) is 9.99. The molecule has 1 aromatic heterocycles. The first-order valence-corrected chi connectivity index (χ1v) is 8.00. The lowest BCUT2D eigenvalue weighted by Crippen LogP contribution is -2.34. The Morgan fingerprint density at radius 2 is 1.96 bits per heavy atom. The van der Waals surface area contributed by atoms with Crippen LogP contribution < -0.4 is 16.0 Å². The molecular weight excluding hydrogens is 322 g/mol. The smallest absolute Gasteiger partial charge is 0.269 e. The van der Waals surface area contributed by atoms with E-state index in [4.69, 9.17) is 0 Å². The zero-order chi connectivity index (χ0) is 17.9. The SMILES string of the molecule is O=C(CNCc1cccnc1)NCCCNc1ccc([N+](=O)[O-])cc1. The number of anilines is 1. The molecule has 1 heterocycles. The van der Waals surface area contributed by atoms with Gasteiger partial charge in [0.2, 0.25) is 5.91 Å². The number of nitro groups is 1. The minimum absolute atomic E-state index is 0.0563. The monoisotopic (exact) mass is 343 g/mol. The molecule has 132 valence electrons. The minimum atomic E-state index is -0.429. The molecule has 0 spiro atoms. The van der Waals surface area contributed by atoms with E-state index in [-0.39, 0.29) is 18.1 Å². The van der Waals surface area contributed by atoms with Gasteiger partial charge in [-0.2, -0.15) is 0 Å². The Hall–Kier alpha value is -3.00. The van der Waals surface area contributed by atoms with Crippen LogP contribution in [0.2, 0.25) is 0 Å². The van der Waals surface area contributed by atoms with Gasteiger partial charge < -0.3 is 16.0 Å². The van der Waals surface area contributed by atoms with Crippen LogP contribution in [0.15, 0.2) is 48.8 Å². The molecule has 0 bridgehead atoms. The number of rotatable bonds is 10. The quantitative estimate of drug-likeness (QED) is 0.344. The topological polar surface area (TPSA) is 109 Å². The van der Waals surface area contributed by atoms with Crippen molar-refractivity contribution in [1.82, 2.24) is 15.6 Å². The Labute approximate surface area is 145 Å². The van der Waals surface area contributed by atoms with Crippen LogP contribution in [0.25, 0.3) is 0 Å². The number of nitro benzene ring substituents is 1. The van der Waals surface area contributed by atoms with Gasteiger partial charge in [0, 0.05) is 49.8 Å². The zero-order valence-electron chi connectivity index (χ0n) is 13.8. The van der Waals surface area contributed by atoms with E-state index >= 15 is 0 Å². The third kappa shape index (κ3) is 6.96. The second-order valence-corrected chi connectivity index (χ2v) is 5.40. The van der Waals surface area contributed by atoms with Crippen LogP contribution in [0.4, 0.5) is 11.4 Å². The number of benzene rings is 1. The largest absolute Gasteiger partial charge is 0.385 e. The second-order valence-electron chi connectivity index (χ2n) is 5.40. The summed E-state index contributed by atoms with van der Waals surface area (Å²) in [5.41, 5.74) is 1.91. The van der Waals surface area contributed by atoms with Crippen molar-refractivity contribution in [3.05, 3.63) is 64.5 Å². The molecule has 0 saturated heterocycles. The average Bonchev–Trinajstić information content (AvgIpc) is 2.63. The van der Waals surface area contributed by atoms with Crippen LogP contribution in [-0.4, -0.2) is 35.4 Å². The van der Waals surface area contributed by atoms with Crippen molar-refractivity contribution in [2.45, 2.75) is 13.0 Å². The molecule has 0 fully saturated rings. The van der Waals surface area contributed by atoms with Crippen molar-refractivity contribution in [2.75, 3.05) is 25.0 Å². The molecule has 0 aliphatic carbocycles. The van der Waals surface area contributed by atoms with Gasteiger partial charge in [0.05, 0.1) is 11.5 Å². The Morgan fingerprint density at radius 3 is 2.64 bits per heavy atom. The molecule has 1 amide bonds. The highest BCUT2D eigenvalue weighted by Gasteiger charge is 2.03. The fraction of sp³-hybridized carbons (Fsp3) is 0.294. The van der Waals surface area contributed by atoms with Gasteiger partial charge in [-0.25, -0.2) is 0 Å². The van der Waals surface area contributed by atoms with E-state index in [1.807, 2.05) is 12.1 Å². The summed E-state index contributed by atoms with van der Waals surface area (Å²) in [5.74, 6) is -0.0563. The molecule has 0 aliphatic rings. The Morgan fingerprint density at radius 1 is 1.16 bits per heavy atom. The first-order valence-electron chi connectivity index (χ1n) is 8.00. The predicted molar refractivity (Wildman–Crippen MR) is 95.2 cm³/mol. The first kappa shape index (κ1) is 18.3. The van der Waals surface area contributed by atoms with Gasteiger partial charge in [-0.3, -0.25) is 19.9 Å². The van der Waals surface area contributed by atoms with Gasteiger partial charge in [0.15, 0.2) is 0 Å². The number of nitrogens with zero attached hydrogens (tertiary/aromatic N) is 2. The number of carbonyl (C=O) groups is 1. The molecule has 8 heteroatoms. The van der Waals surface area contributed by atoms with E-state index < -0.39 is 4.92 Å². The highest BCUT2D eigenvalue weighted by molar-refractivity contribution is 5.77. The van der Waals surface area contributed by atoms with Crippen LogP contribution in [0.5, 0.6) is 0 Å². The van der Waals surface area contributed by atoms with Crippen molar-refractivity contribution in [2.24, 2.45) is 0 Å². The number of hydrogen-bond donors (Lipinski definition) is 3. The fourth-order valence-corrected chi connectivity index (χ4v) is 2.14. The van der Waals surface area contributed by atoms with E-state index in [0.29, 0.717) is 19.6 Å². The molecule has 8 nitrogen and oxygen atoms in total. The van der Waals surface area contributed by atoms with Crippen molar-refractivity contribution in [3.63, 3.8) is 0 Å². The molecule has 0 atom stereocenters. The number of pyridine rings is 1. The molecular formula is C17H21N5O3. The summed E-state index contributed by atoms with van der Waals surface area (Å²) in [5, 5.41) is 19.6. The number of amides is 1. The molecule has 25 heavy (non-hydrogen) atoms. The maximum Gasteiger partial charge on any atom is 0.269 e. The van der Waals surface area contributed by atoms with Crippen molar-refractivity contribution >= 4 is 17.3 Å². The van der Waals surface area contributed by atoms with E-state index in [0.717, 1.165) is 17.7 Å². The third-order valence-corrected chi connectivity index (χ3v) is 3.42. The lowest BCUT2D eigenvalue weighted by atomic mass is 10.3. The van der Waals surface area contributed by atoms with E-state index in [2.05, 4.69) is 20.9 Å². The normalized spacial score (nSPS) is 10.2. The average molecular weight is 343 g/mol. The Kier molecular flexibility index (Phi) is 7.33. The van der Waals surface area contributed by atoms with E-state index in [9.17, 15) is 14.9 Å². The number of hydrogen-bond acceptors (Lipinski definition) is 6. The van der Waals surface area contributed by atoms with Crippen molar-refractivity contribution < 1.29 is 9.72 Å². The fourth-order valence-electron chi connectivity index (χ4n) is 2.14. The first-order chi connectivity index (χ1) is 12.1. The van der Waals surface area contributed by atoms with Gasteiger partial charge in [-0.05, 0) is 30.2 Å². The lowest BCUT2D eigenvalue weighted by molar-refractivity contribution is -0.384. The van der Waals surface area contributed by atoms with Crippen molar-refractivity contribution in [3.8, 4) is 0 Å². The summed E-state index contributed by atoms with van der Waals surface area (Å²) >= 11 is 0. The number of non-ortho nitro benzene ring substituents is 1. The summed E-state index contributed by atoms with van der Waals surface area (Å²) < 4.78 is 0. The van der Waals surface area contributed by atoms with Crippen LogP contribution in [0, 0.1) is 10.1 Å². The molecule has 2 aromatic rings.